The molecule has 1 saturated heterocycles. The summed E-state index contributed by atoms with van der Waals surface area (Å²) in [4.78, 5) is 60.9. The maximum absolute atomic E-state index is 13.7. The van der Waals surface area contributed by atoms with Gasteiger partial charge in [-0.25, -0.2) is 9.37 Å². The van der Waals surface area contributed by atoms with Crippen molar-refractivity contribution in [3.8, 4) is 5.75 Å². The Balaban J connectivity index is 1.52. The van der Waals surface area contributed by atoms with Gasteiger partial charge in [0.2, 0.25) is 11.5 Å². The van der Waals surface area contributed by atoms with Crippen LogP contribution in [0.1, 0.15) is 59.5 Å². The van der Waals surface area contributed by atoms with Gasteiger partial charge in [0.05, 0.1) is 13.2 Å². The van der Waals surface area contributed by atoms with Gasteiger partial charge in [0.1, 0.15) is 11.6 Å². The number of hydrogen-bond acceptors (Lipinski definition) is 8. The van der Waals surface area contributed by atoms with Crippen molar-refractivity contribution in [2.75, 3.05) is 46.9 Å². The van der Waals surface area contributed by atoms with E-state index in [0.717, 1.165) is 19.6 Å². The van der Waals surface area contributed by atoms with E-state index in [1.807, 2.05) is 0 Å². The number of nitrogens with zero attached hydrogens (tertiary/aromatic N) is 4. The molecular weight excluding hydrogens is 545 g/mol. The zero-order valence-electron chi connectivity index (χ0n) is 24.4. The van der Waals surface area contributed by atoms with Crippen LogP contribution in [0.5, 0.6) is 5.75 Å². The molecule has 42 heavy (non-hydrogen) atoms. The minimum Gasteiger partial charge on any atom is -0.501 e. The van der Waals surface area contributed by atoms with E-state index in [-0.39, 0.29) is 36.6 Å². The van der Waals surface area contributed by atoms with Gasteiger partial charge in [-0.1, -0.05) is 12.1 Å². The van der Waals surface area contributed by atoms with E-state index in [9.17, 15) is 28.7 Å². The van der Waals surface area contributed by atoms with Crippen molar-refractivity contribution in [3.05, 3.63) is 57.0 Å². The molecule has 1 aromatic carbocycles. The van der Waals surface area contributed by atoms with Crippen LogP contribution in [-0.2, 0) is 32.8 Å². The van der Waals surface area contributed by atoms with Gasteiger partial charge in [-0.2, -0.15) is 0 Å². The third-order valence-electron chi connectivity index (χ3n) is 9.08. The molecule has 2 bridgehead atoms. The standard InChI is InChI=1S/C30H38FN5O6/c1-19-14-20(4-5-21(19)31)16-32-25(39)23-24(38)27(41)36-18-29(17-35-10-12-42-13-11-35)6-8-30(9-7-29,28(36)33-23)15-22(37)26(40)34(2)3/h4-5,14,38H,6-13,15-18H2,1-3H3,(H,32,39). The average molecular weight is 584 g/mol. The molecule has 226 valence electrons. The predicted octanol–water partition coefficient (Wildman–Crippen LogP) is 1.52. The third kappa shape index (κ3) is 5.69. The molecule has 4 aliphatic rings. The molecule has 11 nitrogen and oxygen atoms in total. The van der Waals surface area contributed by atoms with Crippen molar-refractivity contribution >= 4 is 17.6 Å². The predicted molar refractivity (Wildman–Crippen MR) is 151 cm³/mol. The second kappa shape index (κ2) is 11.6. The minimum atomic E-state index is -0.941. The SMILES string of the molecule is Cc1cc(CNC(=O)c2nc3n(c(=O)c2O)CC2(CN4CCOCC4)CCC3(CC(=O)C(=O)N(C)C)CC2)ccc1F. The van der Waals surface area contributed by atoms with Crippen molar-refractivity contribution in [1.29, 1.82) is 0 Å². The van der Waals surface area contributed by atoms with Crippen molar-refractivity contribution in [2.24, 2.45) is 5.41 Å². The first-order chi connectivity index (χ1) is 19.9. The fourth-order valence-corrected chi connectivity index (χ4v) is 6.64. The summed E-state index contributed by atoms with van der Waals surface area (Å²) in [6.45, 7) is 5.48. The van der Waals surface area contributed by atoms with E-state index in [4.69, 9.17) is 4.74 Å². The number of carbonyl (C=O) groups is 3. The minimum absolute atomic E-state index is 0.0309. The van der Waals surface area contributed by atoms with Crippen molar-refractivity contribution < 1.29 is 28.6 Å². The summed E-state index contributed by atoms with van der Waals surface area (Å²) in [5.41, 5.74) is -1.35. The van der Waals surface area contributed by atoms with Gasteiger partial charge in [0.15, 0.2) is 5.69 Å². The summed E-state index contributed by atoms with van der Waals surface area (Å²) in [5, 5.41) is 13.6. The monoisotopic (exact) mass is 583 g/mol. The number of aromatic nitrogens is 2. The number of likely N-dealkylation sites (N-methyl/N-ethyl adjacent to an activating group) is 1. The van der Waals surface area contributed by atoms with Gasteiger partial charge in [-0.05, 0) is 49.8 Å². The molecule has 1 saturated carbocycles. The van der Waals surface area contributed by atoms with Crippen LogP contribution in [-0.4, -0.2) is 89.0 Å². The number of halogens is 1. The fourth-order valence-electron chi connectivity index (χ4n) is 6.64. The van der Waals surface area contributed by atoms with Crippen LogP contribution >= 0.6 is 0 Å². The highest BCUT2D eigenvalue weighted by Crippen LogP contribution is 2.52. The lowest BCUT2D eigenvalue weighted by Gasteiger charge is -2.44. The van der Waals surface area contributed by atoms with Crippen molar-refractivity contribution in [2.45, 2.75) is 57.5 Å². The molecule has 1 aromatic heterocycles. The second-order valence-corrected chi connectivity index (χ2v) is 12.3. The number of fused-ring (bicyclic) bond motifs is 2. The highest BCUT2D eigenvalue weighted by molar-refractivity contribution is 6.36. The van der Waals surface area contributed by atoms with Gasteiger partial charge in [0, 0.05) is 64.1 Å². The van der Waals surface area contributed by atoms with E-state index in [1.165, 1.54) is 35.7 Å². The highest BCUT2D eigenvalue weighted by Gasteiger charge is 2.52. The van der Waals surface area contributed by atoms with E-state index < -0.39 is 40.0 Å². The van der Waals surface area contributed by atoms with E-state index in [0.29, 0.717) is 50.0 Å². The Bertz CT molecular complexity index is 1460. The van der Waals surface area contributed by atoms with E-state index in [2.05, 4.69) is 15.2 Å². The van der Waals surface area contributed by atoms with Crippen LogP contribution in [0.4, 0.5) is 4.39 Å². The van der Waals surface area contributed by atoms with Crippen LogP contribution in [0.15, 0.2) is 23.0 Å². The van der Waals surface area contributed by atoms with Crippen LogP contribution in [0.2, 0.25) is 0 Å². The first-order valence-corrected chi connectivity index (χ1v) is 14.4. The molecule has 0 atom stereocenters. The first kappa shape index (κ1) is 29.8. The number of rotatable bonds is 8. The molecule has 3 aliphatic heterocycles. The summed E-state index contributed by atoms with van der Waals surface area (Å²) >= 11 is 0. The quantitative estimate of drug-likeness (QED) is 0.447. The molecule has 6 rings (SSSR count). The maximum Gasteiger partial charge on any atom is 0.296 e. The summed E-state index contributed by atoms with van der Waals surface area (Å²) < 4.78 is 20.6. The Morgan fingerprint density at radius 3 is 2.48 bits per heavy atom. The second-order valence-electron chi connectivity index (χ2n) is 12.3. The van der Waals surface area contributed by atoms with Gasteiger partial charge < -0.3 is 20.1 Å². The Labute approximate surface area is 243 Å². The Hall–Kier alpha value is -3.64. The number of aryl methyl sites for hydroxylation is 1. The molecule has 0 spiro atoms. The number of Topliss-reactive ketones (excluding diaryl/α,β-unsaturated/α-hetero) is 1. The molecule has 4 heterocycles. The zero-order valence-corrected chi connectivity index (χ0v) is 24.4. The topological polar surface area (TPSA) is 134 Å². The highest BCUT2D eigenvalue weighted by atomic mass is 19.1. The molecule has 0 radical (unpaired) electrons. The molecule has 2 fully saturated rings. The molecule has 12 heteroatoms. The normalized spacial score (nSPS) is 23.6. The number of aromatic hydroxyl groups is 1. The zero-order chi connectivity index (χ0) is 30.2. The number of amides is 2. The summed E-state index contributed by atoms with van der Waals surface area (Å²) in [7, 11) is 3.03. The van der Waals surface area contributed by atoms with Gasteiger partial charge in [-0.3, -0.25) is 28.6 Å². The average Bonchev–Trinajstić information content (AvgIpc) is 3.18. The van der Waals surface area contributed by atoms with Crippen LogP contribution < -0.4 is 10.9 Å². The smallest absolute Gasteiger partial charge is 0.296 e. The van der Waals surface area contributed by atoms with Crippen molar-refractivity contribution in [3.63, 3.8) is 0 Å². The summed E-state index contributed by atoms with van der Waals surface area (Å²) in [6, 6.07) is 4.45. The number of carbonyl (C=O) groups excluding carboxylic acids is 3. The Kier molecular flexibility index (Phi) is 8.21. The first-order valence-electron chi connectivity index (χ1n) is 14.4. The van der Waals surface area contributed by atoms with E-state index in [1.54, 1.807) is 13.0 Å². The van der Waals surface area contributed by atoms with Gasteiger partial charge in [-0.15, -0.1) is 0 Å². The number of benzene rings is 1. The van der Waals surface area contributed by atoms with Crippen molar-refractivity contribution in [1.82, 2.24) is 24.7 Å². The third-order valence-corrected chi connectivity index (χ3v) is 9.08. The number of nitrogens with one attached hydrogen (secondary N) is 1. The maximum atomic E-state index is 13.7. The number of ether oxygens (including phenoxy) is 1. The molecule has 1 aliphatic carbocycles. The molecule has 2 N–H and O–H groups in total. The van der Waals surface area contributed by atoms with Crippen LogP contribution in [0.3, 0.4) is 0 Å². The number of hydrogen-bond donors (Lipinski definition) is 2. The molecule has 2 aromatic rings. The Morgan fingerprint density at radius 1 is 1.14 bits per heavy atom. The lowest BCUT2D eigenvalue weighted by molar-refractivity contribution is -0.144. The van der Waals surface area contributed by atoms with Gasteiger partial charge >= 0.3 is 0 Å². The van der Waals surface area contributed by atoms with Crippen LogP contribution in [0, 0.1) is 18.2 Å². The number of morpholine rings is 1. The fraction of sp³-hybridized carbons (Fsp3) is 0.567. The van der Waals surface area contributed by atoms with Crippen LogP contribution in [0.25, 0.3) is 0 Å². The molecule has 0 unspecified atom stereocenters. The molecule has 2 amide bonds. The summed E-state index contributed by atoms with van der Waals surface area (Å²) in [6.07, 6.45) is 2.27. The lowest BCUT2D eigenvalue weighted by Crippen LogP contribution is -2.47. The van der Waals surface area contributed by atoms with E-state index >= 15 is 0 Å². The summed E-state index contributed by atoms with van der Waals surface area (Å²) in [5.74, 6) is -2.86. The largest absolute Gasteiger partial charge is 0.501 e. The lowest BCUT2D eigenvalue weighted by atomic mass is 9.62. The molecular formula is C30H38FN5O6. The van der Waals surface area contributed by atoms with Gasteiger partial charge in [0.25, 0.3) is 17.4 Å². The Morgan fingerprint density at radius 2 is 1.83 bits per heavy atom. The number of ketones is 1.